The van der Waals surface area contributed by atoms with Gasteiger partial charge < -0.3 is 19.9 Å². The van der Waals surface area contributed by atoms with Gasteiger partial charge in [-0.05, 0) is 24.5 Å². The van der Waals surface area contributed by atoms with E-state index >= 15 is 0 Å². The average molecular weight is 279 g/mol. The minimum absolute atomic E-state index is 0.111. The molecule has 2 amide bonds. The Morgan fingerprint density at radius 3 is 2.95 bits per heavy atom. The van der Waals surface area contributed by atoms with Crippen molar-refractivity contribution < 1.29 is 9.53 Å². The summed E-state index contributed by atoms with van der Waals surface area (Å²) in [5, 5.41) is 5.83. The van der Waals surface area contributed by atoms with E-state index in [2.05, 4.69) is 24.5 Å². The third kappa shape index (κ3) is 3.76. The Balaban J connectivity index is 1.71. The van der Waals surface area contributed by atoms with Crippen LogP contribution >= 0.6 is 0 Å². The van der Waals surface area contributed by atoms with E-state index in [0.717, 1.165) is 18.7 Å². The van der Waals surface area contributed by atoms with E-state index in [4.69, 9.17) is 4.74 Å². The molecule has 0 radical (unpaired) electrons. The third-order valence-corrected chi connectivity index (χ3v) is 3.93. The fourth-order valence-corrected chi connectivity index (χ4v) is 2.75. The lowest BCUT2D eigenvalue weighted by Gasteiger charge is -2.22. The largest absolute Gasteiger partial charge is 0.378 e. The van der Waals surface area contributed by atoms with Crippen LogP contribution in [0.25, 0.3) is 0 Å². The molecule has 2 N–H and O–H groups in total. The molecule has 112 valence electrons. The summed E-state index contributed by atoms with van der Waals surface area (Å²) < 4.78 is 7.72. The van der Waals surface area contributed by atoms with Crippen LogP contribution in [-0.4, -0.2) is 29.9 Å². The summed E-state index contributed by atoms with van der Waals surface area (Å²) in [7, 11) is 1.97. The highest BCUT2D eigenvalue weighted by Gasteiger charge is 2.30. The Morgan fingerprint density at radius 2 is 2.30 bits per heavy atom. The number of urea groups is 1. The van der Waals surface area contributed by atoms with E-state index in [1.165, 1.54) is 0 Å². The zero-order valence-corrected chi connectivity index (χ0v) is 12.6. The summed E-state index contributed by atoms with van der Waals surface area (Å²) in [6.07, 6.45) is 3.27. The molecular weight excluding hydrogens is 254 g/mol. The van der Waals surface area contributed by atoms with Gasteiger partial charge in [-0.2, -0.15) is 0 Å². The molecule has 2 heterocycles. The quantitative estimate of drug-likeness (QED) is 0.864. The number of carbonyl (C=O) groups is 1. The monoisotopic (exact) mass is 279 g/mol. The van der Waals surface area contributed by atoms with Crippen LogP contribution in [0.15, 0.2) is 18.3 Å². The maximum Gasteiger partial charge on any atom is 0.315 e. The molecule has 5 nitrogen and oxygen atoms in total. The Hall–Kier alpha value is -1.49. The van der Waals surface area contributed by atoms with E-state index in [9.17, 15) is 4.79 Å². The first kappa shape index (κ1) is 14.9. The van der Waals surface area contributed by atoms with Gasteiger partial charge in [0.05, 0.1) is 12.6 Å². The Kier molecular flexibility index (Phi) is 5.06. The minimum Gasteiger partial charge on any atom is -0.378 e. The number of aryl methyl sites for hydroxylation is 1. The third-order valence-electron chi connectivity index (χ3n) is 3.93. The van der Waals surface area contributed by atoms with Crippen LogP contribution < -0.4 is 10.6 Å². The van der Waals surface area contributed by atoms with Crippen molar-refractivity contribution in [2.75, 3.05) is 13.2 Å². The van der Waals surface area contributed by atoms with Gasteiger partial charge in [0.2, 0.25) is 0 Å². The van der Waals surface area contributed by atoms with E-state index in [0.29, 0.717) is 24.9 Å². The highest BCUT2D eigenvalue weighted by molar-refractivity contribution is 5.73. The van der Waals surface area contributed by atoms with Crippen LogP contribution in [0.3, 0.4) is 0 Å². The molecule has 1 fully saturated rings. The van der Waals surface area contributed by atoms with Crippen LogP contribution in [-0.2, 0) is 18.3 Å². The zero-order chi connectivity index (χ0) is 14.5. The predicted molar refractivity (Wildman–Crippen MR) is 78.3 cm³/mol. The number of rotatable bonds is 5. The highest BCUT2D eigenvalue weighted by atomic mass is 16.5. The normalized spacial score (nSPS) is 22.2. The van der Waals surface area contributed by atoms with Crippen molar-refractivity contribution in [2.24, 2.45) is 18.9 Å². The Labute approximate surface area is 120 Å². The molecule has 0 bridgehead atoms. The predicted octanol–water partition coefficient (Wildman–Crippen LogP) is 1.89. The van der Waals surface area contributed by atoms with Gasteiger partial charge in [0.1, 0.15) is 0 Å². The van der Waals surface area contributed by atoms with Crippen LogP contribution in [0.1, 0.15) is 26.0 Å². The summed E-state index contributed by atoms with van der Waals surface area (Å²) in [6, 6.07) is 3.86. The second-order valence-electron chi connectivity index (χ2n) is 5.80. The van der Waals surface area contributed by atoms with Crippen LogP contribution in [0.5, 0.6) is 0 Å². The number of nitrogens with zero attached hydrogens (tertiary/aromatic N) is 1. The first-order valence-corrected chi connectivity index (χ1v) is 7.31. The Bertz CT molecular complexity index is 442. The summed E-state index contributed by atoms with van der Waals surface area (Å²) >= 11 is 0. The van der Waals surface area contributed by atoms with E-state index in [1.807, 2.05) is 29.9 Å². The molecule has 1 aromatic heterocycles. The number of ether oxygens (including phenoxy) is 1. The second kappa shape index (κ2) is 6.79. The van der Waals surface area contributed by atoms with Gasteiger partial charge in [0.15, 0.2) is 0 Å². The summed E-state index contributed by atoms with van der Waals surface area (Å²) in [5.41, 5.74) is 1.09. The maximum atomic E-state index is 11.8. The molecular formula is C15H25N3O2. The number of hydrogen-bond donors (Lipinski definition) is 2. The van der Waals surface area contributed by atoms with Crippen LogP contribution in [0.2, 0.25) is 0 Å². The fourth-order valence-electron chi connectivity index (χ4n) is 2.75. The van der Waals surface area contributed by atoms with Crippen molar-refractivity contribution in [2.45, 2.75) is 32.9 Å². The smallest absolute Gasteiger partial charge is 0.315 e. The zero-order valence-electron chi connectivity index (χ0n) is 12.6. The molecule has 1 aliphatic heterocycles. The molecule has 0 saturated carbocycles. The molecule has 0 spiro atoms. The number of aromatic nitrogens is 1. The maximum absolute atomic E-state index is 11.8. The molecule has 0 aromatic carbocycles. The number of nitrogens with one attached hydrogen (secondary N) is 2. The van der Waals surface area contributed by atoms with E-state index in [1.54, 1.807) is 0 Å². The first-order chi connectivity index (χ1) is 9.58. The van der Waals surface area contributed by atoms with Gasteiger partial charge in [0.25, 0.3) is 0 Å². The van der Waals surface area contributed by atoms with Gasteiger partial charge in [-0.1, -0.05) is 13.8 Å². The molecule has 1 saturated heterocycles. The number of carbonyl (C=O) groups excluding carboxylic acids is 1. The highest BCUT2D eigenvalue weighted by Crippen LogP contribution is 2.25. The van der Waals surface area contributed by atoms with Crippen molar-refractivity contribution in [3.8, 4) is 0 Å². The standard InChI is InChI=1S/C15H25N3O2/c1-11(2)14-12(6-8-20-14)9-16-15(19)17-10-13-5-4-7-18(13)3/h4-5,7,11-12,14H,6,8-10H2,1-3H3,(H2,16,17,19)/t12-,14-/m0/s1. The van der Waals surface area contributed by atoms with Crippen molar-refractivity contribution >= 4 is 6.03 Å². The summed E-state index contributed by atoms with van der Waals surface area (Å²) in [5.74, 6) is 0.923. The minimum atomic E-state index is -0.111. The SMILES string of the molecule is CC(C)[C@@H]1OCC[C@H]1CNC(=O)NCc1cccn1C. The van der Waals surface area contributed by atoms with Gasteiger partial charge in [-0.15, -0.1) is 0 Å². The summed E-state index contributed by atoms with van der Waals surface area (Å²) in [4.78, 5) is 11.8. The van der Waals surface area contributed by atoms with Crippen LogP contribution in [0, 0.1) is 11.8 Å². The van der Waals surface area contributed by atoms with Crippen molar-refractivity contribution in [3.05, 3.63) is 24.0 Å². The molecule has 5 heteroatoms. The molecule has 0 unspecified atom stereocenters. The van der Waals surface area contributed by atoms with Gasteiger partial charge in [0, 0.05) is 38.0 Å². The summed E-state index contributed by atoms with van der Waals surface area (Å²) in [6.45, 7) is 6.36. The van der Waals surface area contributed by atoms with Crippen LogP contribution in [0.4, 0.5) is 4.79 Å². The van der Waals surface area contributed by atoms with Gasteiger partial charge in [-0.25, -0.2) is 4.79 Å². The van der Waals surface area contributed by atoms with E-state index < -0.39 is 0 Å². The number of amides is 2. The molecule has 1 aromatic rings. The van der Waals surface area contributed by atoms with Gasteiger partial charge in [-0.3, -0.25) is 0 Å². The average Bonchev–Trinajstić information content (AvgIpc) is 3.02. The number of hydrogen-bond acceptors (Lipinski definition) is 2. The molecule has 20 heavy (non-hydrogen) atoms. The Morgan fingerprint density at radius 1 is 1.50 bits per heavy atom. The molecule has 2 atom stereocenters. The first-order valence-electron chi connectivity index (χ1n) is 7.31. The van der Waals surface area contributed by atoms with Gasteiger partial charge >= 0.3 is 6.03 Å². The lowest BCUT2D eigenvalue weighted by Crippen LogP contribution is -2.40. The van der Waals surface area contributed by atoms with E-state index in [-0.39, 0.29) is 12.1 Å². The second-order valence-corrected chi connectivity index (χ2v) is 5.80. The topological polar surface area (TPSA) is 55.3 Å². The molecule has 1 aliphatic rings. The van der Waals surface area contributed by atoms with Crippen molar-refractivity contribution in [1.82, 2.24) is 15.2 Å². The lowest BCUT2D eigenvalue weighted by atomic mass is 9.93. The molecule has 0 aliphatic carbocycles. The molecule has 2 rings (SSSR count). The fraction of sp³-hybridized carbons (Fsp3) is 0.667. The lowest BCUT2D eigenvalue weighted by molar-refractivity contribution is 0.0545. The van der Waals surface area contributed by atoms with Crippen molar-refractivity contribution in [1.29, 1.82) is 0 Å². The van der Waals surface area contributed by atoms with Crippen molar-refractivity contribution in [3.63, 3.8) is 0 Å².